The summed E-state index contributed by atoms with van der Waals surface area (Å²) in [5.74, 6) is 0. The van der Waals surface area contributed by atoms with Gasteiger partial charge in [0.25, 0.3) is 0 Å². The van der Waals surface area contributed by atoms with Gasteiger partial charge in [-0.1, -0.05) is 13.2 Å². The van der Waals surface area contributed by atoms with Crippen LogP contribution < -0.4 is 10.9 Å². The Morgan fingerprint density at radius 3 is 2.09 bits per heavy atom. The van der Waals surface area contributed by atoms with Gasteiger partial charge in [-0.3, -0.25) is 25.9 Å². The van der Waals surface area contributed by atoms with Crippen LogP contribution >= 0.6 is 0 Å². The Morgan fingerprint density at radius 1 is 0.781 bits per heavy atom. The lowest BCUT2D eigenvalue weighted by Gasteiger charge is -2.14. The molecule has 4 N–H and O–H groups in total. The van der Waals surface area contributed by atoms with Crippen molar-refractivity contribution in [3.05, 3.63) is 85.3 Å². The number of rotatable bonds is 4. The first-order valence-corrected chi connectivity index (χ1v) is 9.89. The number of anilines is 2. The van der Waals surface area contributed by atoms with E-state index in [9.17, 15) is 0 Å². The first-order chi connectivity index (χ1) is 15.7. The molecule has 0 atom stereocenters. The van der Waals surface area contributed by atoms with Gasteiger partial charge in [0.05, 0.1) is 52.2 Å². The van der Waals surface area contributed by atoms with E-state index in [-0.39, 0.29) is 0 Å². The van der Waals surface area contributed by atoms with Crippen LogP contribution in [-0.2, 0) is 0 Å². The summed E-state index contributed by atoms with van der Waals surface area (Å²) < 4.78 is 0. The number of fused-ring (bicyclic) bond motifs is 3. The largest absolute Gasteiger partial charge is 0.358 e. The molecule has 0 saturated carbocycles. The molecule has 2 aromatic heterocycles. The van der Waals surface area contributed by atoms with Crippen molar-refractivity contribution < 1.29 is 0 Å². The van der Waals surface area contributed by atoms with Crippen molar-refractivity contribution in [1.29, 1.82) is 0 Å². The molecule has 32 heavy (non-hydrogen) atoms. The van der Waals surface area contributed by atoms with E-state index in [2.05, 4.69) is 54.1 Å². The average molecular weight is 422 g/mol. The number of hydrazine groups is 2. The van der Waals surface area contributed by atoms with Gasteiger partial charge in [-0.05, 0) is 24.3 Å². The minimum Gasteiger partial charge on any atom is -0.358 e. The third-order valence-corrected chi connectivity index (χ3v) is 5.34. The molecule has 0 unspecified atom stereocenters. The van der Waals surface area contributed by atoms with E-state index in [1.807, 2.05) is 46.7 Å². The lowest BCUT2D eigenvalue weighted by Crippen LogP contribution is -2.15. The maximum absolute atomic E-state index is 4.65. The zero-order valence-corrected chi connectivity index (χ0v) is 16.9. The van der Waals surface area contributed by atoms with Crippen molar-refractivity contribution in [2.45, 2.75) is 0 Å². The second-order valence-corrected chi connectivity index (χ2v) is 7.18. The molecule has 0 fully saturated rings. The topological polar surface area (TPSA) is 114 Å². The van der Waals surface area contributed by atoms with Crippen molar-refractivity contribution in [2.75, 3.05) is 10.9 Å². The molecule has 0 aliphatic carbocycles. The molecular formula is C22H18N10. The summed E-state index contributed by atoms with van der Waals surface area (Å²) in [7, 11) is 0. The summed E-state index contributed by atoms with van der Waals surface area (Å²) >= 11 is 0. The van der Waals surface area contributed by atoms with E-state index in [4.69, 9.17) is 0 Å². The van der Waals surface area contributed by atoms with Crippen molar-refractivity contribution in [1.82, 2.24) is 40.2 Å². The molecule has 6 rings (SSSR count). The van der Waals surface area contributed by atoms with E-state index in [0.717, 1.165) is 34.2 Å². The van der Waals surface area contributed by atoms with Gasteiger partial charge in [-0.15, -0.1) is 10.2 Å². The standard InChI is InChI=1S/C22H18N10/c1-3-31-18(21-14(29-31)5-7-23-21)9-13-11-26-20-16(27-28-17(20)12-25-13)10-19-22-15(6-8-24-22)30-32(19)4-2/h3-12,23-24,29-30H,1-2H2/b18-9+,19-10+. The highest BCUT2D eigenvalue weighted by Gasteiger charge is 2.25. The monoisotopic (exact) mass is 422 g/mol. The summed E-state index contributed by atoms with van der Waals surface area (Å²) in [5.41, 5.74) is 14.7. The van der Waals surface area contributed by atoms with E-state index >= 15 is 0 Å². The van der Waals surface area contributed by atoms with Crippen molar-refractivity contribution in [2.24, 2.45) is 0 Å². The number of aromatic amines is 2. The van der Waals surface area contributed by atoms with Gasteiger partial charge in [0.1, 0.15) is 17.1 Å². The van der Waals surface area contributed by atoms with E-state index in [1.165, 1.54) is 0 Å². The van der Waals surface area contributed by atoms with Crippen LogP contribution in [0, 0.1) is 0 Å². The Balaban J connectivity index is 1.41. The SMILES string of the molecule is C=CN1Nc2cc[nH]c2/C1=C\c1cnc2c(/C=C3\c4[nH]ccc4NN3C=C)nnc-2cn1. The van der Waals surface area contributed by atoms with Crippen LogP contribution in [-0.4, -0.2) is 40.2 Å². The van der Waals surface area contributed by atoms with Gasteiger partial charge >= 0.3 is 0 Å². The number of nitrogens with one attached hydrogen (secondary N) is 4. The highest BCUT2D eigenvalue weighted by atomic mass is 15.5. The van der Waals surface area contributed by atoms with E-state index in [1.54, 1.807) is 24.8 Å². The van der Waals surface area contributed by atoms with Crippen molar-refractivity contribution in [3.8, 4) is 11.4 Å². The minimum absolute atomic E-state index is 0.606. The minimum atomic E-state index is 0.606. The molecule has 0 amide bonds. The zero-order chi connectivity index (χ0) is 21.7. The number of nitrogens with zero attached hydrogens (tertiary/aromatic N) is 6. The maximum atomic E-state index is 4.65. The lowest BCUT2D eigenvalue weighted by atomic mass is 10.2. The zero-order valence-electron chi connectivity index (χ0n) is 16.9. The molecule has 6 heterocycles. The third-order valence-electron chi connectivity index (χ3n) is 5.34. The fourth-order valence-electron chi connectivity index (χ4n) is 3.84. The predicted molar refractivity (Wildman–Crippen MR) is 123 cm³/mol. The summed E-state index contributed by atoms with van der Waals surface area (Å²) in [6, 6.07) is 3.93. The summed E-state index contributed by atoms with van der Waals surface area (Å²) in [4.78, 5) is 15.7. The van der Waals surface area contributed by atoms with Crippen LogP contribution in [0.3, 0.4) is 0 Å². The Morgan fingerprint density at radius 2 is 1.44 bits per heavy atom. The molecule has 4 aliphatic rings. The Labute approximate surface area is 183 Å². The number of hydrogen-bond acceptors (Lipinski definition) is 8. The first kappa shape index (κ1) is 18.0. The van der Waals surface area contributed by atoms with Gasteiger partial charge in [-0.25, -0.2) is 4.98 Å². The van der Waals surface area contributed by atoms with Gasteiger partial charge < -0.3 is 9.97 Å². The molecule has 10 nitrogen and oxygen atoms in total. The fraction of sp³-hybridized carbons (Fsp3) is 0. The van der Waals surface area contributed by atoms with Crippen LogP contribution in [0.25, 0.3) is 34.9 Å². The maximum Gasteiger partial charge on any atom is 0.132 e. The molecule has 10 heteroatoms. The van der Waals surface area contributed by atoms with Gasteiger partial charge in [0.2, 0.25) is 0 Å². The quantitative estimate of drug-likeness (QED) is 0.395. The Hall–Kier alpha value is -4.86. The lowest BCUT2D eigenvalue weighted by molar-refractivity contribution is 0.666. The van der Waals surface area contributed by atoms with Crippen LogP contribution in [0.15, 0.2) is 62.5 Å². The number of H-pyrrole nitrogens is 2. The fourth-order valence-corrected chi connectivity index (χ4v) is 3.84. The van der Waals surface area contributed by atoms with Crippen molar-refractivity contribution >= 4 is 34.9 Å². The van der Waals surface area contributed by atoms with Gasteiger partial charge in [-0.2, -0.15) is 0 Å². The smallest absolute Gasteiger partial charge is 0.132 e. The Bertz CT molecular complexity index is 1390. The highest BCUT2D eigenvalue weighted by Crippen LogP contribution is 2.36. The van der Waals surface area contributed by atoms with Gasteiger partial charge in [0.15, 0.2) is 0 Å². The molecule has 0 aromatic carbocycles. The predicted octanol–water partition coefficient (Wildman–Crippen LogP) is 3.60. The third kappa shape index (κ3) is 2.67. The Kier molecular flexibility index (Phi) is 3.84. The molecule has 0 saturated heterocycles. The van der Waals surface area contributed by atoms with Crippen molar-refractivity contribution in [3.63, 3.8) is 0 Å². The average Bonchev–Trinajstić information content (AvgIpc) is 3.58. The summed E-state index contributed by atoms with van der Waals surface area (Å²) in [5, 5.41) is 12.2. The molecule has 4 aliphatic heterocycles. The number of aromatic nitrogens is 6. The summed E-state index contributed by atoms with van der Waals surface area (Å²) in [6.45, 7) is 7.73. The molecule has 0 radical (unpaired) electrons. The molecule has 0 spiro atoms. The van der Waals surface area contributed by atoms with Crippen LogP contribution in [0.5, 0.6) is 0 Å². The first-order valence-electron chi connectivity index (χ1n) is 9.89. The van der Waals surface area contributed by atoms with Crippen LogP contribution in [0.1, 0.15) is 22.8 Å². The second kappa shape index (κ2) is 6.84. The van der Waals surface area contributed by atoms with Crippen LogP contribution in [0.4, 0.5) is 11.4 Å². The van der Waals surface area contributed by atoms with E-state index < -0.39 is 0 Å². The second-order valence-electron chi connectivity index (χ2n) is 7.18. The normalized spacial score (nSPS) is 16.9. The molecule has 156 valence electrons. The number of hydrogen-bond donors (Lipinski definition) is 4. The molecular weight excluding hydrogens is 404 g/mol. The van der Waals surface area contributed by atoms with Gasteiger partial charge in [0, 0.05) is 24.8 Å². The molecule has 2 aromatic rings. The summed E-state index contributed by atoms with van der Waals surface area (Å²) in [6.07, 6.45) is 14.4. The highest BCUT2D eigenvalue weighted by molar-refractivity contribution is 5.91. The van der Waals surface area contributed by atoms with Crippen LogP contribution in [0.2, 0.25) is 0 Å². The molecule has 0 bridgehead atoms. The van der Waals surface area contributed by atoms with E-state index in [0.29, 0.717) is 22.8 Å².